The van der Waals surface area contributed by atoms with Crippen LogP contribution in [-0.4, -0.2) is 47.4 Å². The van der Waals surface area contributed by atoms with Crippen LogP contribution in [0.3, 0.4) is 0 Å². The van der Waals surface area contributed by atoms with Gasteiger partial charge in [-0.2, -0.15) is 11.8 Å². The molecule has 0 bridgehead atoms. The van der Waals surface area contributed by atoms with Gasteiger partial charge in [-0.3, -0.25) is 9.59 Å². The van der Waals surface area contributed by atoms with E-state index < -0.39 is 0 Å². The van der Waals surface area contributed by atoms with Crippen molar-refractivity contribution in [2.75, 3.05) is 24.6 Å². The molecule has 2 rings (SSSR count). The monoisotopic (exact) mass is 298 g/mol. The molecule has 1 saturated carbocycles. The highest BCUT2D eigenvalue weighted by molar-refractivity contribution is 7.99. The Bertz CT molecular complexity index is 343. The molecule has 0 spiro atoms. The van der Waals surface area contributed by atoms with Crippen molar-refractivity contribution in [2.45, 2.75) is 51.5 Å². The lowest BCUT2D eigenvalue weighted by Gasteiger charge is -2.31. The van der Waals surface area contributed by atoms with Crippen LogP contribution in [0.2, 0.25) is 0 Å². The summed E-state index contributed by atoms with van der Waals surface area (Å²) in [5.41, 5.74) is 0. The Morgan fingerprint density at radius 3 is 2.70 bits per heavy atom. The molecule has 4 nitrogen and oxygen atoms in total. The van der Waals surface area contributed by atoms with Crippen LogP contribution in [0.5, 0.6) is 0 Å². The van der Waals surface area contributed by atoms with Gasteiger partial charge in [0, 0.05) is 25.3 Å². The van der Waals surface area contributed by atoms with Gasteiger partial charge in [-0.15, -0.1) is 0 Å². The zero-order valence-electron chi connectivity index (χ0n) is 12.4. The summed E-state index contributed by atoms with van der Waals surface area (Å²) in [7, 11) is 0. The van der Waals surface area contributed by atoms with E-state index in [1.165, 1.54) is 19.3 Å². The molecule has 0 aromatic heterocycles. The maximum Gasteiger partial charge on any atom is 0.245 e. The van der Waals surface area contributed by atoms with Crippen LogP contribution in [0.4, 0.5) is 0 Å². The Balaban J connectivity index is 2.00. The van der Waals surface area contributed by atoms with E-state index in [1.807, 2.05) is 16.7 Å². The molecule has 1 atom stereocenters. The summed E-state index contributed by atoms with van der Waals surface area (Å²) in [6.07, 6.45) is 6.25. The number of hydrogen-bond donors (Lipinski definition) is 1. The van der Waals surface area contributed by atoms with Gasteiger partial charge >= 0.3 is 0 Å². The molecular weight excluding hydrogens is 272 g/mol. The second kappa shape index (κ2) is 7.91. The largest absolute Gasteiger partial charge is 0.344 e. The number of carbonyl (C=O) groups excluding carboxylic acids is 2. The predicted octanol–water partition coefficient (Wildman–Crippen LogP) is 2.04. The van der Waals surface area contributed by atoms with Crippen LogP contribution in [0.1, 0.15) is 45.4 Å². The number of nitrogens with zero attached hydrogens (tertiary/aromatic N) is 1. The van der Waals surface area contributed by atoms with Crippen molar-refractivity contribution in [3.63, 3.8) is 0 Å². The topological polar surface area (TPSA) is 49.4 Å². The van der Waals surface area contributed by atoms with Crippen molar-refractivity contribution in [3.05, 3.63) is 0 Å². The standard InChI is InChI=1S/C15H26N2O2S/c1-2-20-11-10-17-9-8-13(18)16-14(15(17)19)12-6-4-3-5-7-12/h12,14H,2-11H2,1H3,(H,16,18). The summed E-state index contributed by atoms with van der Waals surface area (Å²) in [6, 6.07) is -0.267. The van der Waals surface area contributed by atoms with Crippen LogP contribution in [0.15, 0.2) is 0 Å². The van der Waals surface area contributed by atoms with E-state index in [4.69, 9.17) is 0 Å². The van der Waals surface area contributed by atoms with Gasteiger partial charge in [-0.05, 0) is 24.5 Å². The van der Waals surface area contributed by atoms with E-state index in [1.54, 1.807) is 0 Å². The first kappa shape index (κ1) is 15.7. The highest BCUT2D eigenvalue weighted by Crippen LogP contribution is 2.28. The van der Waals surface area contributed by atoms with E-state index in [-0.39, 0.29) is 17.9 Å². The smallest absolute Gasteiger partial charge is 0.245 e. The van der Waals surface area contributed by atoms with Crippen LogP contribution in [0.25, 0.3) is 0 Å². The maximum absolute atomic E-state index is 12.7. The van der Waals surface area contributed by atoms with E-state index in [9.17, 15) is 9.59 Å². The Hall–Kier alpha value is -0.710. The molecule has 114 valence electrons. The molecule has 2 aliphatic rings. The minimum Gasteiger partial charge on any atom is -0.344 e. The molecule has 0 radical (unpaired) electrons. The van der Waals surface area contributed by atoms with Crippen molar-refractivity contribution in [3.8, 4) is 0 Å². The summed E-state index contributed by atoms with van der Waals surface area (Å²) in [6.45, 7) is 3.48. The predicted molar refractivity (Wildman–Crippen MR) is 82.7 cm³/mol. The van der Waals surface area contributed by atoms with Crippen molar-refractivity contribution in [2.24, 2.45) is 5.92 Å². The molecule has 1 aliphatic carbocycles. The Labute approximate surface area is 126 Å². The van der Waals surface area contributed by atoms with Crippen LogP contribution >= 0.6 is 11.8 Å². The molecule has 1 saturated heterocycles. The fraction of sp³-hybridized carbons (Fsp3) is 0.867. The van der Waals surface area contributed by atoms with Gasteiger partial charge in [0.2, 0.25) is 11.8 Å². The first-order valence-electron chi connectivity index (χ1n) is 7.88. The van der Waals surface area contributed by atoms with Crippen molar-refractivity contribution >= 4 is 23.6 Å². The molecule has 0 aromatic carbocycles. The fourth-order valence-corrected chi connectivity index (χ4v) is 3.82. The van der Waals surface area contributed by atoms with Gasteiger partial charge in [0.05, 0.1) is 0 Å². The SMILES string of the molecule is CCSCCN1CCC(=O)NC(C2CCCCC2)C1=O. The van der Waals surface area contributed by atoms with Gasteiger partial charge < -0.3 is 10.2 Å². The number of nitrogens with one attached hydrogen (secondary N) is 1. The zero-order valence-corrected chi connectivity index (χ0v) is 13.2. The van der Waals surface area contributed by atoms with Crippen LogP contribution < -0.4 is 5.32 Å². The first-order chi connectivity index (χ1) is 9.72. The summed E-state index contributed by atoms with van der Waals surface area (Å²) >= 11 is 1.85. The summed E-state index contributed by atoms with van der Waals surface area (Å²) < 4.78 is 0. The van der Waals surface area contributed by atoms with Gasteiger partial charge in [0.1, 0.15) is 6.04 Å². The first-order valence-corrected chi connectivity index (χ1v) is 9.03. The molecule has 2 fully saturated rings. The lowest BCUT2D eigenvalue weighted by molar-refractivity contribution is -0.135. The van der Waals surface area contributed by atoms with E-state index in [0.29, 0.717) is 18.9 Å². The number of carbonyl (C=O) groups is 2. The molecule has 1 unspecified atom stereocenters. The highest BCUT2D eigenvalue weighted by Gasteiger charge is 2.35. The number of thioether (sulfide) groups is 1. The number of rotatable bonds is 5. The Morgan fingerprint density at radius 1 is 1.25 bits per heavy atom. The molecule has 1 N–H and O–H groups in total. The van der Waals surface area contributed by atoms with Crippen molar-refractivity contribution in [1.29, 1.82) is 0 Å². The number of amides is 2. The molecule has 20 heavy (non-hydrogen) atoms. The Morgan fingerprint density at radius 2 is 2.00 bits per heavy atom. The normalized spacial score (nSPS) is 25.4. The zero-order chi connectivity index (χ0) is 14.4. The second-order valence-corrected chi connectivity index (χ2v) is 7.11. The van der Waals surface area contributed by atoms with E-state index in [0.717, 1.165) is 30.9 Å². The summed E-state index contributed by atoms with van der Waals surface area (Å²) in [4.78, 5) is 26.5. The minimum atomic E-state index is -0.267. The van der Waals surface area contributed by atoms with Gasteiger partial charge in [-0.25, -0.2) is 0 Å². The van der Waals surface area contributed by atoms with E-state index in [2.05, 4.69) is 12.2 Å². The maximum atomic E-state index is 12.7. The third-order valence-electron chi connectivity index (χ3n) is 4.33. The van der Waals surface area contributed by atoms with Crippen LogP contribution in [0, 0.1) is 5.92 Å². The molecule has 5 heteroatoms. The quantitative estimate of drug-likeness (QED) is 0.790. The average Bonchev–Trinajstić information content (AvgIpc) is 2.61. The average molecular weight is 298 g/mol. The summed E-state index contributed by atoms with van der Waals surface area (Å²) in [5, 5.41) is 2.98. The van der Waals surface area contributed by atoms with Gasteiger partial charge in [0.25, 0.3) is 0 Å². The van der Waals surface area contributed by atoms with E-state index >= 15 is 0 Å². The third kappa shape index (κ3) is 4.14. The molecule has 0 aromatic rings. The highest BCUT2D eigenvalue weighted by atomic mass is 32.2. The third-order valence-corrected chi connectivity index (χ3v) is 5.21. The molecule has 1 heterocycles. The minimum absolute atomic E-state index is 0.0413. The lowest BCUT2D eigenvalue weighted by Crippen LogP contribution is -2.50. The van der Waals surface area contributed by atoms with Crippen molar-refractivity contribution < 1.29 is 9.59 Å². The van der Waals surface area contributed by atoms with Crippen molar-refractivity contribution in [1.82, 2.24) is 10.2 Å². The van der Waals surface area contributed by atoms with Gasteiger partial charge in [-0.1, -0.05) is 26.2 Å². The molecule has 2 amide bonds. The molecule has 1 aliphatic heterocycles. The molecular formula is C15H26N2O2S. The second-order valence-electron chi connectivity index (χ2n) is 5.72. The summed E-state index contributed by atoms with van der Waals surface area (Å²) in [5.74, 6) is 2.58. The lowest BCUT2D eigenvalue weighted by atomic mass is 9.83. The van der Waals surface area contributed by atoms with Gasteiger partial charge in [0.15, 0.2) is 0 Å². The van der Waals surface area contributed by atoms with Crippen LogP contribution in [-0.2, 0) is 9.59 Å². The Kier molecular flexibility index (Phi) is 6.20. The number of hydrogen-bond acceptors (Lipinski definition) is 3. The fourth-order valence-electron chi connectivity index (χ4n) is 3.18.